The first kappa shape index (κ1) is 13.3. The van der Waals surface area contributed by atoms with Gasteiger partial charge in [-0.3, -0.25) is 4.79 Å². The fraction of sp³-hybridized carbons (Fsp3) is 0.167. The Hall–Kier alpha value is -2.15. The summed E-state index contributed by atoms with van der Waals surface area (Å²) in [6.45, 7) is 1.78. The number of carbonyl (C=O) groups excluding carboxylic acids is 1. The normalized spacial score (nSPS) is 10.3. The fourth-order valence-electron chi connectivity index (χ4n) is 1.51. The lowest BCUT2D eigenvalue weighted by Gasteiger charge is -2.07. The maximum atomic E-state index is 13.1. The average molecular weight is 280 g/mol. The molecular weight excluding hydrogens is 267 g/mol. The second-order valence-electron chi connectivity index (χ2n) is 3.90. The molecule has 19 heavy (non-hydrogen) atoms. The molecule has 100 valence electrons. The summed E-state index contributed by atoms with van der Waals surface area (Å²) in [6, 6.07) is 4.20. The van der Waals surface area contributed by atoms with E-state index in [1.54, 1.807) is 20.0 Å². The third-order valence-electron chi connectivity index (χ3n) is 2.52. The Morgan fingerprint density at radius 1 is 1.47 bits per heavy atom. The van der Waals surface area contributed by atoms with Crippen molar-refractivity contribution in [2.75, 3.05) is 23.4 Å². The van der Waals surface area contributed by atoms with E-state index in [1.165, 1.54) is 12.1 Å². The van der Waals surface area contributed by atoms with Crippen molar-refractivity contribution in [1.82, 2.24) is 4.98 Å². The molecule has 0 aliphatic rings. The number of nitrogens with zero attached hydrogens (tertiary/aromatic N) is 1. The minimum absolute atomic E-state index is 0.154. The molecule has 7 heteroatoms. The van der Waals surface area contributed by atoms with E-state index in [0.29, 0.717) is 15.7 Å². The number of hydrogen-bond acceptors (Lipinski definition) is 5. The average Bonchev–Trinajstić information content (AvgIpc) is 2.75. The largest absolute Gasteiger partial charge is 0.382 e. The molecule has 2 aromatic rings. The van der Waals surface area contributed by atoms with E-state index in [4.69, 9.17) is 5.73 Å². The van der Waals surface area contributed by atoms with Gasteiger partial charge in [-0.05, 0) is 24.6 Å². The predicted molar refractivity (Wildman–Crippen MR) is 75.2 cm³/mol. The van der Waals surface area contributed by atoms with Gasteiger partial charge in [0.2, 0.25) is 0 Å². The predicted octanol–water partition coefficient (Wildman–Crippen LogP) is 2.47. The molecule has 0 spiro atoms. The maximum Gasteiger partial charge on any atom is 0.269 e. The summed E-state index contributed by atoms with van der Waals surface area (Å²) in [6.07, 6.45) is 0. The van der Waals surface area contributed by atoms with Crippen molar-refractivity contribution in [2.45, 2.75) is 6.92 Å². The molecule has 0 radical (unpaired) electrons. The van der Waals surface area contributed by atoms with Gasteiger partial charge in [0.1, 0.15) is 16.5 Å². The van der Waals surface area contributed by atoms with E-state index < -0.39 is 11.7 Å². The molecule has 0 saturated carbocycles. The molecular formula is C12H13FN4OS. The Kier molecular flexibility index (Phi) is 3.66. The molecule has 0 atom stereocenters. The van der Waals surface area contributed by atoms with E-state index >= 15 is 0 Å². The lowest BCUT2D eigenvalue weighted by atomic mass is 10.2. The molecule has 2 rings (SSSR count). The summed E-state index contributed by atoms with van der Waals surface area (Å²) in [7, 11) is 1.69. The highest BCUT2D eigenvalue weighted by molar-refractivity contribution is 7.18. The first-order chi connectivity index (χ1) is 9.01. The molecule has 1 aromatic carbocycles. The van der Waals surface area contributed by atoms with Gasteiger partial charge in [0.05, 0.1) is 0 Å². The van der Waals surface area contributed by atoms with Crippen LogP contribution in [0.15, 0.2) is 18.2 Å². The third kappa shape index (κ3) is 2.82. The van der Waals surface area contributed by atoms with Crippen molar-refractivity contribution in [3.63, 3.8) is 0 Å². The number of halogens is 1. The Labute approximate surface area is 113 Å². The van der Waals surface area contributed by atoms with E-state index in [9.17, 15) is 9.18 Å². The molecule has 0 fully saturated rings. The second-order valence-corrected chi connectivity index (χ2v) is 4.90. The Morgan fingerprint density at radius 2 is 2.21 bits per heavy atom. The van der Waals surface area contributed by atoms with Crippen LogP contribution in [0.3, 0.4) is 0 Å². The summed E-state index contributed by atoms with van der Waals surface area (Å²) in [5.74, 6) is -0.653. The van der Waals surface area contributed by atoms with E-state index in [1.807, 2.05) is 0 Å². The number of benzene rings is 1. The molecule has 1 aromatic heterocycles. The number of nitrogens with two attached hydrogens (primary N) is 1. The molecule has 1 heterocycles. The van der Waals surface area contributed by atoms with Gasteiger partial charge in [-0.25, -0.2) is 9.37 Å². The number of anilines is 3. The van der Waals surface area contributed by atoms with Crippen LogP contribution in [0.2, 0.25) is 0 Å². The number of nitrogen functional groups attached to an aromatic ring is 1. The minimum atomic E-state index is -0.408. The lowest BCUT2D eigenvalue weighted by molar-refractivity contribution is 0.103. The summed E-state index contributed by atoms with van der Waals surface area (Å²) in [5, 5.41) is 6.00. The van der Waals surface area contributed by atoms with Crippen LogP contribution in [0.4, 0.5) is 21.0 Å². The number of hydrogen-bond donors (Lipinski definition) is 3. The Bertz CT molecular complexity index is 626. The van der Waals surface area contributed by atoms with Crippen molar-refractivity contribution in [3.8, 4) is 0 Å². The van der Waals surface area contributed by atoms with E-state index in [2.05, 4.69) is 15.6 Å². The molecule has 5 nitrogen and oxygen atoms in total. The number of amides is 1. The van der Waals surface area contributed by atoms with Gasteiger partial charge in [-0.1, -0.05) is 17.4 Å². The van der Waals surface area contributed by atoms with Gasteiger partial charge in [0.15, 0.2) is 5.13 Å². The smallest absolute Gasteiger partial charge is 0.269 e. The highest BCUT2D eigenvalue weighted by atomic mass is 32.1. The minimum Gasteiger partial charge on any atom is -0.382 e. The number of aryl methyl sites for hydroxylation is 1. The molecule has 0 aliphatic heterocycles. The van der Waals surface area contributed by atoms with Crippen molar-refractivity contribution < 1.29 is 9.18 Å². The standard InChI is InChI=1S/C12H13FN4OS/c1-6-3-4-7(13)5-8(6)16-11(18)9-10(14)17-12(15-2)19-9/h3-5H,14H2,1-2H3,(H,15,17)(H,16,18). The summed E-state index contributed by atoms with van der Waals surface area (Å²) in [5.41, 5.74) is 6.85. The maximum absolute atomic E-state index is 13.1. The van der Waals surface area contributed by atoms with Crippen LogP contribution in [0.1, 0.15) is 15.2 Å². The molecule has 0 aliphatic carbocycles. The third-order valence-corrected chi connectivity index (χ3v) is 3.61. The molecule has 1 amide bonds. The monoisotopic (exact) mass is 280 g/mol. The molecule has 0 saturated heterocycles. The summed E-state index contributed by atoms with van der Waals surface area (Å²) in [4.78, 5) is 16.3. The number of nitrogens with one attached hydrogen (secondary N) is 2. The van der Waals surface area contributed by atoms with Crippen LogP contribution in [-0.2, 0) is 0 Å². The van der Waals surface area contributed by atoms with Crippen molar-refractivity contribution in [2.24, 2.45) is 0 Å². The van der Waals surface area contributed by atoms with Crippen LogP contribution in [0.5, 0.6) is 0 Å². The summed E-state index contributed by atoms with van der Waals surface area (Å²) < 4.78 is 13.1. The highest BCUT2D eigenvalue weighted by Crippen LogP contribution is 2.26. The summed E-state index contributed by atoms with van der Waals surface area (Å²) >= 11 is 1.14. The zero-order chi connectivity index (χ0) is 14.0. The highest BCUT2D eigenvalue weighted by Gasteiger charge is 2.16. The van der Waals surface area contributed by atoms with Crippen LogP contribution in [-0.4, -0.2) is 17.9 Å². The van der Waals surface area contributed by atoms with Crippen LogP contribution in [0.25, 0.3) is 0 Å². The fourth-order valence-corrected chi connectivity index (χ4v) is 2.24. The number of aromatic nitrogens is 1. The SMILES string of the molecule is CNc1nc(N)c(C(=O)Nc2cc(F)ccc2C)s1. The lowest BCUT2D eigenvalue weighted by Crippen LogP contribution is -2.13. The van der Waals surface area contributed by atoms with Crippen LogP contribution < -0.4 is 16.4 Å². The number of carbonyl (C=O) groups is 1. The molecule has 0 bridgehead atoms. The van der Waals surface area contributed by atoms with E-state index in [-0.39, 0.29) is 5.82 Å². The Morgan fingerprint density at radius 3 is 2.84 bits per heavy atom. The van der Waals surface area contributed by atoms with Crippen molar-refractivity contribution in [1.29, 1.82) is 0 Å². The molecule has 4 N–H and O–H groups in total. The topological polar surface area (TPSA) is 80.0 Å². The van der Waals surface area contributed by atoms with E-state index in [0.717, 1.165) is 16.9 Å². The zero-order valence-electron chi connectivity index (χ0n) is 10.5. The van der Waals surface area contributed by atoms with Gasteiger partial charge in [-0.15, -0.1) is 0 Å². The quantitative estimate of drug-likeness (QED) is 0.807. The van der Waals surface area contributed by atoms with Gasteiger partial charge in [-0.2, -0.15) is 0 Å². The zero-order valence-corrected chi connectivity index (χ0v) is 11.3. The first-order valence-corrected chi connectivity index (χ1v) is 6.34. The second kappa shape index (κ2) is 5.23. The number of rotatable bonds is 3. The van der Waals surface area contributed by atoms with Gasteiger partial charge in [0, 0.05) is 12.7 Å². The van der Waals surface area contributed by atoms with Gasteiger partial charge in [0.25, 0.3) is 5.91 Å². The van der Waals surface area contributed by atoms with Crippen LogP contribution in [0, 0.1) is 12.7 Å². The van der Waals surface area contributed by atoms with Gasteiger partial charge >= 0.3 is 0 Å². The first-order valence-electron chi connectivity index (χ1n) is 5.53. The van der Waals surface area contributed by atoms with Crippen LogP contribution >= 0.6 is 11.3 Å². The van der Waals surface area contributed by atoms with Crippen molar-refractivity contribution >= 4 is 33.9 Å². The number of thiazole rings is 1. The Balaban J connectivity index is 2.25. The van der Waals surface area contributed by atoms with Gasteiger partial charge < -0.3 is 16.4 Å². The molecule has 0 unspecified atom stereocenters. The van der Waals surface area contributed by atoms with Crippen molar-refractivity contribution in [3.05, 3.63) is 34.5 Å².